The smallest absolute Gasteiger partial charge is 0.344 e. The number of aryl methyl sites for hydroxylation is 1. The quantitative estimate of drug-likeness (QED) is 0.866. The van der Waals surface area contributed by atoms with Gasteiger partial charge in [-0.15, -0.1) is 0 Å². The van der Waals surface area contributed by atoms with Crippen LogP contribution in [0.15, 0.2) is 24.3 Å². The summed E-state index contributed by atoms with van der Waals surface area (Å²) in [7, 11) is 0. The molecule has 3 nitrogen and oxygen atoms in total. The largest absolute Gasteiger partial charge is 0.417 e. The molecule has 0 amide bonds. The molecule has 1 aromatic heterocycles. The lowest BCUT2D eigenvalue weighted by atomic mass is 10.0. The van der Waals surface area contributed by atoms with Crippen molar-refractivity contribution in [2.75, 3.05) is 0 Å². The number of nitrogens with two attached hydrogens (primary N) is 1. The molecule has 0 aliphatic carbocycles. The highest BCUT2D eigenvalue weighted by Gasteiger charge is 2.34. The molecule has 0 aliphatic rings. The van der Waals surface area contributed by atoms with Gasteiger partial charge in [-0.3, -0.25) is 0 Å². The Morgan fingerprint density at radius 2 is 1.94 bits per heavy atom. The van der Waals surface area contributed by atoms with Gasteiger partial charge < -0.3 is 10.7 Å². The highest BCUT2D eigenvalue weighted by molar-refractivity contribution is 5.66. The minimum atomic E-state index is -4.40. The van der Waals surface area contributed by atoms with Crippen molar-refractivity contribution in [1.82, 2.24) is 9.97 Å². The molecule has 0 radical (unpaired) electrons. The summed E-state index contributed by atoms with van der Waals surface area (Å²) in [6.45, 7) is 1.84. The number of nitrogens with one attached hydrogen (secondary N) is 1. The molecule has 6 heteroatoms. The van der Waals surface area contributed by atoms with Gasteiger partial charge in [0.15, 0.2) is 0 Å². The van der Waals surface area contributed by atoms with Gasteiger partial charge in [-0.1, -0.05) is 18.2 Å². The Morgan fingerprint density at radius 3 is 2.50 bits per heavy atom. The molecule has 0 bridgehead atoms. The van der Waals surface area contributed by atoms with E-state index in [9.17, 15) is 13.2 Å². The Kier molecular flexibility index (Phi) is 3.13. The SMILES string of the molecule is Cc1[nH]c(CN)nc1-c1ccccc1C(F)(F)F. The summed E-state index contributed by atoms with van der Waals surface area (Å²) in [6.07, 6.45) is -4.40. The summed E-state index contributed by atoms with van der Waals surface area (Å²) in [6, 6.07) is 5.37. The number of aromatic nitrogens is 2. The molecule has 3 N–H and O–H groups in total. The fraction of sp³-hybridized carbons (Fsp3) is 0.250. The number of aromatic amines is 1. The van der Waals surface area contributed by atoms with Crippen molar-refractivity contribution in [2.45, 2.75) is 19.6 Å². The van der Waals surface area contributed by atoms with Crippen molar-refractivity contribution in [2.24, 2.45) is 5.73 Å². The lowest BCUT2D eigenvalue weighted by Gasteiger charge is -2.11. The standard InChI is InChI=1S/C12H12F3N3/c1-7-11(18-10(6-16)17-7)8-4-2-3-5-9(8)12(13,14)15/h2-5H,6,16H2,1H3,(H,17,18). The number of halogens is 3. The topological polar surface area (TPSA) is 54.7 Å². The van der Waals surface area contributed by atoms with Crippen LogP contribution in [0.4, 0.5) is 13.2 Å². The van der Waals surface area contributed by atoms with Crippen molar-refractivity contribution in [3.05, 3.63) is 41.3 Å². The molecule has 2 rings (SSSR count). The third-order valence-electron chi connectivity index (χ3n) is 2.61. The van der Waals surface area contributed by atoms with Gasteiger partial charge in [-0.25, -0.2) is 4.98 Å². The van der Waals surface area contributed by atoms with Crippen LogP contribution in [0, 0.1) is 6.92 Å². The monoisotopic (exact) mass is 255 g/mol. The third-order valence-corrected chi connectivity index (χ3v) is 2.61. The number of imidazole rings is 1. The van der Waals surface area contributed by atoms with Crippen LogP contribution in [-0.2, 0) is 12.7 Å². The zero-order chi connectivity index (χ0) is 13.3. The number of hydrogen-bond donors (Lipinski definition) is 2. The van der Waals surface area contributed by atoms with E-state index in [0.29, 0.717) is 17.2 Å². The number of hydrogen-bond acceptors (Lipinski definition) is 2. The van der Waals surface area contributed by atoms with Crippen LogP contribution in [0.3, 0.4) is 0 Å². The first-order valence-electron chi connectivity index (χ1n) is 5.35. The first-order valence-corrected chi connectivity index (χ1v) is 5.35. The van der Waals surface area contributed by atoms with Gasteiger partial charge in [0.2, 0.25) is 0 Å². The molecule has 0 spiro atoms. The minimum absolute atomic E-state index is 0.0680. The molecule has 96 valence electrons. The molecule has 0 unspecified atom stereocenters. The summed E-state index contributed by atoms with van der Waals surface area (Å²) in [4.78, 5) is 6.96. The van der Waals surface area contributed by atoms with E-state index in [1.54, 1.807) is 13.0 Å². The second-order valence-corrected chi connectivity index (χ2v) is 3.90. The first-order chi connectivity index (χ1) is 8.43. The molecule has 0 atom stereocenters. The second kappa shape index (κ2) is 4.45. The van der Waals surface area contributed by atoms with Gasteiger partial charge in [0.25, 0.3) is 0 Å². The molecule has 18 heavy (non-hydrogen) atoms. The fourth-order valence-electron chi connectivity index (χ4n) is 1.82. The number of nitrogens with zero attached hydrogens (tertiary/aromatic N) is 1. The van der Waals surface area contributed by atoms with E-state index < -0.39 is 11.7 Å². The Labute approximate surface area is 102 Å². The van der Waals surface area contributed by atoms with Crippen molar-refractivity contribution in [1.29, 1.82) is 0 Å². The molecular formula is C12H12F3N3. The summed E-state index contributed by atoms with van der Waals surface area (Å²) in [5.74, 6) is 0.472. The van der Waals surface area contributed by atoms with E-state index in [1.165, 1.54) is 12.1 Å². The Morgan fingerprint density at radius 1 is 1.28 bits per heavy atom. The van der Waals surface area contributed by atoms with E-state index in [0.717, 1.165) is 6.07 Å². The lowest BCUT2D eigenvalue weighted by molar-refractivity contribution is -0.137. The van der Waals surface area contributed by atoms with Gasteiger partial charge in [0.05, 0.1) is 17.8 Å². The van der Waals surface area contributed by atoms with E-state index >= 15 is 0 Å². The number of benzene rings is 1. The van der Waals surface area contributed by atoms with Crippen LogP contribution < -0.4 is 5.73 Å². The van der Waals surface area contributed by atoms with Crippen LogP contribution in [0.1, 0.15) is 17.1 Å². The molecule has 0 saturated heterocycles. The second-order valence-electron chi connectivity index (χ2n) is 3.90. The van der Waals surface area contributed by atoms with E-state index in [-0.39, 0.29) is 12.1 Å². The van der Waals surface area contributed by atoms with Crippen LogP contribution in [0.2, 0.25) is 0 Å². The average molecular weight is 255 g/mol. The number of rotatable bonds is 2. The molecular weight excluding hydrogens is 243 g/mol. The minimum Gasteiger partial charge on any atom is -0.344 e. The maximum absolute atomic E-state index is 12.9. The molecule has 2 aromatic rings. The summed E-state index contributed by atoms with van der Waals surface area (Å²) >= 11 is 0. The normalized spacial score (nSPS) is 11.8. The lowest BCUT2D eigenvalue weighted by Crippen LogP contribution is -2.07. The molecule has 0 saturated carbocycles. The van der Waals surface area contributed by atoms with Gasteiger partial charge >= 0.3 is 6.18 Å². The molecule has 1 aromatic carbocycles. The van der Waals surface area contributed by atoms with Gasteiger partial charge in [0, 0.05) is 11.3 Å². The molecule has 0 aliphatic heterocycles. The molecule has 1 heterocycles. The van der Waals surface area contributed by atoms with E-state index in [1.807, 2.05) is 0 Å². The predicted molar refractivity (Wildman–Crippen MR) is 61.7 cm³/mol. The zero-order valence-corrected chi connectivity index (χ0v) is 9.67. The van der Waals surface area contributed by atoms with E-state index in [4.69, 9.17) is 5.73 Å². The Hall–Kier alpha value is -1.82. The predicted octanol–water partition coefficient (Wildman–Crippen LogP) is 2.86. The van der Waals surface area contributed by atoms with Gasteiger partial charge in [-0.2, -0.15) is 13.2 Å². The summed E-state index contributed by atoms with van der Waals surface area (Å²) < 4.78 is 38.7. The van der Waals surface area contributed by atoms with Gasteiger partial charge in [0.1, 0.15) is 5.82 Å². The number of H-pyrrole nitrogens is 1. The van der Waals surface area contributed by atoms with Crippen molar-refractivity contribution in [3.63, 3.8) is 0 Å². The Bertz CT molecular complexity index is 558. The fourth-order valence-corrected chi connectivity index (χ4v) is 1.82. The molecule has 0 fully saturated rings. The van der Waals surface area contributed by atoms with Crippen molar-refractivity contribution in [3.8, 4) is 11.3 Å². The highest BCUT2D eigenvalue weighted by Crippen LogP contribution is 2.37. The summed E-state index contributed by atoms with van der Waals surface area (Å²) in [5.41, 5.74) is 5.67. The van der Waals surface area contributed by atoms with Gasteiger partial charge in [-0.05, 0) is 13.0 Å². The van der Waals surface area contributed by atoms with Crippen LogP contribution in [0.5, 0.6) is 0 Å². The van der Waals surface area contributed by atoms with Crippen LogP contribution in [0.25, 0.3) is 11.3 Å². The number of alkyl halides is 3. The van der Waals surface area contributed by atoms with Crippen LogP contribution >= 0.6 is 0 Å². The zero-order valence-electron chi connectivity index (χ0n) is 9.67. The third kappa shape index (κ3) is 2.24. The first kappa shape index (κ1) is 12.6. The maximum Gasteiger partial charge on any atom is 0.417 e. The van der Waals surface area contributed by atoms with Crippen molar-refractivity contribution >= 4 is 0 Å². The van der Waals surface area contributed by atoms with Crippen molar-refractivity contribution < 1.29 is 13.2 Å². The maximum atomic E-state index is 12.9. The van der Waals surface area contributed by atoms with Crippen LogP contribution in [-0.4, -0.2) is 9.97 Å². The highest BCUT2D eigenvalue weighted by atomic mass is 19.4. The Balaban J connectivity index is 2.60. The summed E-state index contributed by atoms with van der Waals surface area (Å²) in [5, 5.41) is 0. The average Bonchev–Trinajstić information content (AvgIpc) is 2.69. The van der Waals surface area contributed by atoms with E-state index in [2.05, 4.69) is 9.97 Å².